The van der Waals surface area contributed by atoms with Crippen molar-refractivity contribution in [3.63, 3.8) is 0 Å². The molecular weight excluding hydrogens is 404 g/mol. The predicted octanol–water partition coefficient (Wildman–Crippen LogP) is 3.52. The van der Waals surface area contributed by atoms with E-state index in [4.69, 9.17) is 9.47 Å². The highest BCUT2D eigenvalue weighted by Gasteiger charge is 2.39. The first-order chi connectivity index (χ1) is 15.7. The fourth-order valence-corrected chi connectivity index (χ4v) is 4.72. The number of carbonyl (C=O) groups is 1. The lowest BCUT2D eigenvalue weighted by atomic mass is 9.87. The average molecular weight is 431 g/mol. The van der Waals surface area contributed by atoms with Crippen LogP contribution in [0.4, 0.5) is 0 Å². The summed E-state index contributed by atoms with van der Waals surface area (Å²) in [7, 11) is 0. The molecule has 1 aromatic heterocycles. The Balaban J connectivity index is 1.41. The number of aromatic nitrogens is 3. The van der Waals surface area contributed by atoms with Gasteiger partial charge in [0, 0.05) is 25.4 Å². The largest absolute Gasteiger partial charge is 0.494 e. The molecule has 7 rings (SSSR count). The summed E-state index contributed by atoms with van der Waals surface area (Å²) >= 11 is 0. The summed E-state index contributed by atoms with van der Waals surface area (Å²) < 4.78 is 13.9. The van der Waals surface area contributed by atoms with Crippen molar-refractivity contribution in [2.45, 2.75) is 44.9 Å². The van der Waals surface area contributed by atoms with Gasteiger partial charge in [-0.15, -0.1) is 5.10 Å². The fraction of sp³-hybridized carbons (Fsp3) is 0.400. The molecule has 1 aliphatic carbocycles. The molecule has 0 spiro atoms. The molecule has 1 unspecified atom stereocenters. The van der Waals surface area contributed by atoms with E-state index in [2.05, 4.69) is 39.5 Å². The third-order valence-corrected chi connectivity index (χ3v) is 6.50. The summed E-state index contributed by atoms with van der Waals surface area (Å²) in [6.45, 7) is 2.42. The van der Waals surface area contributed by atoms with Crippen LogP contribution in [-0.4, -0.2) is 39.0 Å². The molecule has 32 heavy (non-hydrogen) atoms. The van der Waals surface area contributed by atoms with Gasteiger partial charge in [-0.05, 0) is 60.2 Å². The molecule has 0 N–H and O–H groups in total. The zero-order valence-corrected chi connectivity index (χ0v) is 17.9. The van der Waals surface area contributed by atoms with E-state index in [1.54, 1.807) is 0 Å². The highest BCUT2D eigenvalue weighted by atomic mass is 16.5. The number of hydrogen-bond donors (Lipinski definition) is 0. The maximum absolute atomic E-state index is 13.2. The van der Waals surface area contributed by atoms with Crippen LogP contribution in [0.2, 0.25) is 0 Å². The SMILES string of the molecule is O=C(C1CC1)N1CCc2cc3ccc2C1c1cccc(c1)OCCCn1cc(nn1)CO3. The van der Waals surface area contributed by atoms with Crippen molar-refractivity contribution in [1.82, 2.24) is 19.9 Å². The summed E-state index contributed by atoms with van der Waals surface area (Å²) in [5, 5.41) is 8.40. The fourth-order valence-electron chi connectivity index (χ4n) is 4.72. The van der Waals surface area contributed by atoms with E-state index in [0.29, 0.717) is 13.2 Å². The molecule has 2 aromatic carbocycles. The molecule has 8 bridgehead atoms. The number of aryl methyl sites for hydroxylation is 1. The van der Waals surface area contributed by atoms with Crippen LogP contribution >= 0.6 is 0 Å². The van der Waals surface area contributed by atoms with Gasteiger partial charge in [-0.1, -0.05) is 23.4 Å². The minimum Gasteiger partial charge on any atom is -0.494 e. The van der Waals surface area contributed by atoms with Crippen molar-refractivity contribution in [3.8, 4) is 11.5 Å². The molecule has 164 valence electrons. The second-order valence-corrected chi connectivity index (χ2v) is 8.86. The van der Waals surface area contributed by atoms with E-state index < -0.39 is 0 Å². The molecule has 7 heteroatoms. The van der Waals surface area contributed by atoms with Crippen LogP contribution in [0.1, 0.15) is 47.7 Å². The Bertz CT molecular complexity index is 1150. The van der Waals surface area contributed by atoms with Gasteiger partial charge >= 0.3 is 0 Å². The molecule has 1 fully saturated rings. The molecule has 0 radical (unpaired) electrons. The zero-order valence-electron chi connectivity index (χ0n) is 17.9. The van der Waals surface area contributed by atoms with E-state index >= 15 is 0 Å². The maximum Gasteiger partial charge on any atom is 0.226 e. The second kappa shape index (κ2) is 7.97. The number of benzene rings is 2. The van der Waals surface area contributed by atoms with Gasteiger partial charge in [-0.25, -0.2) is 0 Å². The van der Waals surface area contributed by atoms with Crippen LogP contribution in [0.5, 0.6) is 11.5 Å². The lowest BCUT2D eigenvalue weighted by Crippen LogP contribution is -2.41. The van der Waals surface area contributed by atoms with Gasteiger partial charge in [0.15, 0.2) is 0 Å². The monoisotopic (exact) mass is 430 g/mol. The van der Waals surface area contributed by atoms with Gasteiger partial charge in [-0.2, -0.15) is 0 Å². The van der Waals surface area contributed by atoms with Gasteiger partial charge in [0.25, 0.3) is 0 Å². The number of nitrogens with zero attached hydrogens (tertiary/aromatic N) is 4. The summed E-state index contributed by atoms with van der Waals surface area (Å²) in [5.41, 5.74) is 4.30. The first-order valence-corrected chi connectivity index (χ1v) is 11.4. The molecule has 7 nitrogen and oxygen atoms in total. The molecule has 3 aliphatic heterocycles. The normalized spacial score (nSPS) is 20.2. The quantitative estimate of drug-likeness (QED) is 0.591. The first-order valence-electron chi connectivity index (χ1n) is 11.4. The summed E-state index contributed by atoms with van der Waals surface area (Å²) in [4.78, 5) is 15.3. The summed E-state index contributed by atoms with van der Waals surface area (Å²) in [6.07, 6.45) is 5.60. The molecule has 1 atom stereocenters. The number of fused-ring (bicyclic) bond motifs is 5. The van der Waals surface area contributed by atoms with E-state index in [9.17, 15) is 4.79 Å². The Hall–Kier alpha value is -3.35. The highest BCUT2D eigenvalue weighted by molar-refractivity contribution is 5.82. The van der Waals surface area contributed by atoms with E-state index in [1.807, 2.05) is 29.1 Å². The van der Waals surface area contributed by atoms with Gasteiger partial charge in [0.05, 0.1) is 18.8 Å². The first kappa shape index (κ1) is 19.3. The zero-order chi connectivity index (χ0) is 21.5. The van der Waals surface area contributed by atoms with Crippen molar-refractivity contribution in [2.75, 3.05) is 13.2 Å². The van der Waals surface area contributed by atoms with Crippen LogP contribution in [-0.2, 0) is 24.4 Å². The molecule has 1 saturated carbocycles. The number of hydrogen-bond acceptors (Lipinski definition) is 5. The van der Waals surface area contributed by atoms with Crippen LogP contribution in [0, 0.1) is 5.92 Å². The predicted molar refractivity (Wildman–Crippen MR) is 117 cm³/mol. The molecular formula is C25H26N4O3. The molecule has 0 saturated heterocycles. The van der Waals surface area contributed by atoms with Gasteiger partial charge in [0.1, 0.15) is 23.8 Å². The maximum atomic E-state index is 13.2. The van der Waals surface area contributed by atoms with Crippen LogP contribution in [0.15, 0.2) is 48.7 Å². The van der Waals surface area contributed by atoms with Crippen molar-refractivity contribution in [3.05, 3.63) is 71.0 Å². The smallest absolute Gasteiger partial charge is 0.226 e. The molecule has 1 amide bonds. The number of rotatable bonds is 1. The third-order valence-electron chi connectivity index (χ3n) is 6.50. The minimum atomic E-state index is -0.0984. The van der Waals surface area contributed by atoms with E-state index in [-0.39, 0.29) is 17.9 Å². The summed E-state index contributed by atoms with van der Waals surface area (Å²) in [5.74, 6) is 2.12. The Kier molecular flexibility index (Phi) is 4.82. The van der Waals surface area contributed by atoms with Crippen molar-refractivity contribution in [1.29, 1.82) is 0 Å². The van der Waals surface area contributed by atoms with Crippen molar-refractivity contribution < 1.29 is 14.3 Å². The van der Waals surface area contributed by atoms with Crippen LogP contribution < -0.4 is 9.47 Å². The Morgan fingerprint density at radius 1 is 1.03 bits per heavy atom. The third kappa shape index (κ3) is 3.72. The number of ether oxygens (including phenoxy) is 2. The van der Waals surface area contributed by atoms with Crippen LogP contribution in [0.3, 0.4) is 0 Å². The minimum absolute atomic E-state index is 0.0984. The van der Waals surface area contributed by atoms with E-state index in [1.165, 1.54) is 11.1 Å². The van der Waals surface area contributed by atoms with Gasteiger partial charge in [0.2, 0.25) is 5.91 Å². The number of amides is 1. The van der Waals surface area contributed by atoms with E-state index in [0.717, 1.165) is 61.5 Å². The van der Waals surface area contributed by atoms with Crippen LogP contribution in [0.25, 0.3) is 0 Å². The highest BCUT2D eigenvalue weighted by Crippen LogP contribution is 2.41. The topological polar surface area (TPSA) is 69.5 Å². The molecule has 4 heterocycles. The molecule has 3 aromatic rings. The number of carbonyl (C=O) groups excluding carboxylic acids is 1. The lowest BCUT2D eigenvalue weighted by molar-refractivity contribution is -0.134. The van der Waals surface area contributed by atoms with Gasteiger partial charge in [-0.3, -0.25) is 9.48 Å². The standard InChI is InChI=1S/C25H26N4O3/c30-25(17-5-6-17)29-11-9-18-13-22-7-8-23(18)24(29)19-3-1-4-21(14-19)31-12-2-10-28-15-20(16-32-22)26-27-28/h1,3-4,7-8,13-15,17,24H,2,5-6,9-12,16H2. The Morgan fingerprint density at radius 2 is 1.94 bits per heavy atom. The van der Waals surface area contributed by atoms with Gasteiger partial charge < -0.3 is 14.4 Å². The molecule has 4 aliphatic rings. The van der Waals surface area contributed by atoms with Crippen molar-refractivity contribution in [2.24, 2.45) is 5.92 Å². The second-order valence-electron chi connectivity index (χ2n) is 8.86. The summed E-state index contributed by atoms with van der Waals surface area (Å²) in [6, 6.07) is 14.3. The lowest BCUT2D eigenvalue weighted by Gasteiger charge is -2.38. The average Bonchev–Trinajstić information content (AvgIpc) is 3.58. The Labute approximate surface area is 186 Å². The van der Waals surface area contributed by atoms with Crippen molar-refractivity contribution >= 4 is 5.91 Å². The Morgan fingerprint density at radius 3 is 2.84 bits per heavy atom.